The first-order valence-corrected chi connectivity index (χ1v) is 7.98. The van der Waals surface area contributed by atoms with Crippen molar-refractivity contribution < 1.29 is 28.2 Å². The van der Waals surface area contributed by atoms with E-state index >= 15 is 0 Å². The van der Waals surface area contributed by atoms with Gasteiger partial charge in [0.2, 0.25) is 10.0 Å². The van der Waals surface area contributed by atoms with E-state index in [0.29, 0.717) is 13.0 Å². The lowest BCUT2D eigenvalue weighted by atomic mass is 10.1. The van der Waals surface area contributed by atoms with Crippen LogP contribution < -0.4 is 4.72 Å². The van der Waals surface area contributed by atoms with Gasteiger partial charge in [-0.15, -0.1) is 0 Å². The Morgan fingerprint density at radius 1 is 1.43 bits per heavy atom. The summed E-state index contributed by atoms with van der Waals surface area (Å²) in [6.45, 7) is 0.388. The first-order chi connectivity index (χ1) is 9.81. The zero-order chi connectivity index (χ0) is 15.6. The number of aromatic carboxylic acids is 1. The highest BCUT2D eigenvalue weighted by molar-refractivity contribution is 7.89. The first kappa shape index (κ1) is 16.2. The molecular formula is C12H14ClNO6S. The summed E-state index contributed by atoms with van der Waals surface area (Å²) in [6, 6.07) is 2.73. The van der Waals surface area contributed by atoms with Crippen LogP contribution in [-0.4, -0.2) is 50.0 Å². The zero-order valence-electron chi connectivity index (χ0n) is 10.8. The fourth-order valence-corrected chi connectivity index (χ4v) is 3.49. The van der Waals surface area contributed by atoms with E-state index < -0.39 is 28.1 Å². The fraction of sp³-hybridized carbons (Fsp3) is 0.417. The molecule has 1 fully saturated rings. The number of benzene rings is 1. The van der Waals surface area contributed by atoms with Crippen molar-refractivity contribution in [1.82, 2.24) is 4.72 Å². The van der Waals surface area contributed by atoms with Crippen LogP contribution in [0, 0.1) is 0 Å². The normalized spacial score (nSPS) is 23.0. The van der Waals surface area contributed by atoms with Gasteiger partial charge in [-0.05, 0) is 24.6 Å². The van der Waals surface area contributed by atoms with E-state index in [9.17, 15) is 18.3 Å². The molecule has 1 saturated heterocycles. The van der Waals surface area contributed by atoms with Gasteiger partial charge < -0.3 is 14.9 Å². The van der Waals surface area contributed by atoms with Crippen molar-refractivity contribution in [2.24, 2.45) is 0 Å². The molecule has 2 rings (SSSR count). The lowest BCUT2D eigenvalue weighted by Crippen LogP contribution is -2.48. The second-order valence-electron chi connectivity index (χ2n) is 4.61. The van der Waals surface area contributed by atoms with Gasteiger partial charge in [-0.3, -0.25) is 0 Å². The molecule has 2 atom stereocenters. The molecule has 1 aromatic rings. The minimum Gasteiger partial charge on any atom is -0.478 e. The van der Waals surface area contributed by atoms with Gasteiger partial charge in [0.1, 0.15) is 0 Å². The SMILES string of the molecule is O=C(O)c1cc(S(=O)(=O)N[C@@H]2CCOC[C@H]2O)ccc1Cl. The number of aliphatic hydroxyl groups excluding tert-OH is 1. The summed E-state index contributed by atoms with van der Waals surface area (Å²) in [5, 5.41) is 18.6. The number of carbonyl (C=O) groups is 1. The molecule has 0 aromatic heterocycles. The van der Waals surface area contributed by atoms with Gasteiger partial charge in [-0.2, -0.15) is 0 Å². The molecule has 9 heteroatoms. The Hall–Kier alpha value is -1.19. The van der Waals surface area contributed by atoms with Crippen LogP contribution in [0.25, 0.3) is 0 Å². The number of aliphatic hydroxyl groups is 1. The quantitative estimate of drug-likeness (QED) is 0.737. The average Bonchev–Trinajstić information content (AvgIpc) is 2.41. The van der Waals surface area contributed by atoms with Gasteiger partial charge in [0.15, 0.2) is 0 Å². The maximum absolute atomic E-state index is 12.2. The third-order valence-corrected chi connectivity index (χ3v) is 4.93. The van der Waals surface area contributed by atoms with E-state index in [1.54, 1.807) is 0 Å². The number of halogens is 1. The number of sulfonamides is 1. The third kappa shape index (κ3) is 3.72. The monoisotopic (exact) mass is 335 g/mol. The van der Waals surface area contributed by atoms with E-state index in [1.807, 2.05) is 0 Å². The van der Waals surface area contributed by atoms with Crippen molar-refractivity contribution in [1.29, 1.82) is 0 Å². The van der Waals surface area contributed by atoms with Crippen LogP contribution in [0.15, 0.2) is 23.1 Å². The number of rotatable bonds is 4. The molecular weight excluding hydrogens is 322 g/mol. The van der Waals surface area contributed by atoms with Crippen molar-refractivity contribution in [2.45, 2.75) is 23.5 Å². The first-order valence-electron chi connectivity index (χ1n) is 6.12. The molecule has 0 amide bonds. The minimum absolute atomic E-state index is 0.0486. The van der Waals surface area contributed by atoms with E-state index in [4.69, 9.17) is 21.4 Å². The van der Waals surface area contributed by atoms with Gasteiger partial charge in [-0.1, -0.05) is 11.6 Å². The van der Waals surface area contributed by atoms with Gasteiger partial charge >= 0.3 is 5.97 Å². The molecule has 1 aromatic carbocycles. The van der Waals surface area contributed by atoms with Gasteiger partial charge in [0, 0.05) is 6.61 Å². The van der Waals surface area contributed by atoms with E-state index in [2.05, 4.69) is 4.72 Å². The smallest absolute Gasteiger partial charge is 0.337 e. The van der Waals surface area contributed by atoms with Crippen LogP contribution in [0.3, 0.4) is 0 Å². The molecule has 0 radical (unpaired) electrons. The highest BCUT2D eigenvalue weighted by Gasteiger charge is 2.29. The van der Waals surface area contributed by atoms with Crippen LogP contribution in [0.4, 0.5) is 0 Å². The highest BCUT2D eigenvalue weighted by Crippen LogP contribution is 2.21. The Bertz CT molecular complexity index is 647. The maximum atomic E-state index is 12.2. The number of carboxylic acid groups (broad SMARTS) is 1. The van der Waals surface area contributed by atoms with Crippen molar-refractivity contribution in [2.75, 3.05) is 13.2 Å². The van der Waals surface area contributed by atoms with Crippen LogP contribution >= 0.6 is 11.6 Å². The summed E-state index contributed by atoms with van der Waals surface area (Å²) < 4.78 is 31.8. The maximum Gasteiger partial charge on any atom is 0.337 e. The Labute approximate surface area is 126 Å². The Balaban J connectivity index is 2.27. The predicted molar refractivity (Wildman–Crippen MR) is 74.0 cm³/mol. The molecule has 1 heterocycles. The number of carboxylic acids is 1. The molecule has 116 valence electrons. The molecule has 1 aliphatic heterocycles. The molecule has 0 aliphatic carbocycles. The summed E-state index contributed by atoms with van der Waals surface area (Å²) in [6.07, 6.45) is -0.612. The Morgan fingerprint density at radius 2 is 2.14 bits per heavy atom. The highest BCUT2D eigenvalue weighted by atomic mass is 35.5. The van der Waals surface area contributed by atoms with Crippen molar-refractivity contribution in [3.8, 4) is 0 Å². The van der Waals surface area contributed by atoms with Crippen LogP contribution in [-0.2, 0) is 14.8 Å². The van der Waals surface area contributed by atoms with Gasteiger partial charge in [0.05, 0.1) is 34.2 Å². The third-order valence-electron chi connectivity index (χ3n) is 3.11. The second-order valence-corrected chi connectivity index (χ2v) is 6.73. The second kappa shape index (κ2) is 6.29. The summed E-state index contributed by atoms with van der Waals surface area (Å²) >= 11 is 5.70. The predicted octanol–water partition coefficient (Wildman–Crippen LogP) is 0.466. The van der Waals surface area contributed by atoms with E-state index in [-0.39, 0.29) is 22.1 Å². The lowest BCUT2D eigenvalue weighted by molar-refractivity contribution is -0.0222. The van der Waals surface area contributed by atoms with Crippen molar-refractivity contribution >= 4 is 27.6 Å². The number of hydrogen-bond acceptors (Lipinski definition) is 5. The Morgan fingerprint density at radius 3 is 2.76 bits per heavy atom. The Kier molecular flexibility index (Phi) is 4.84. The summed E-state index contributed by atoms with van der Waals surface area (Å²) in [7, 11) is -3.95. The number of hydrogen-bond donors (Lipinski definition) is 3. The number of ether oxygens (including phenoxy) is 1. The molecule has 0 unspecified atom stereocenters. The molecule has 21 heavy (non-hydrogen) atoms. The summed E-state index contributed by atoms with van der Waals surface area (Å²) in [5.74, 6) is -1.32. The van der Waals surface area contributed by atoms with Crippen LogP contribution in [0.1, 0.15) is 16.8 Å². The van der Waals surface area contributed by atoms with Gasteiger partial charge in [0.25, 0.3) is 0 Å². The molecule has 3 N–H and O–H groups in total. The molecule has 0 saturated carbocycles. The van der Waals surface area contributed by atoms with Crippen LogP contribution in [0.5, 0.6) is 0 Å². The molecule has 0 bridgehead atoms. The van der Waals surface area contributed by atoms with Crippen LogP contribution in [0.2, 0.25) is 5.02 Å². The average molecular weight is 336 g/mol. The van der Waals surface area contributed by atoms with E-state index in [1.165, 1.54) is 12.1 Å². The molecule has 1 aliphatic rings. The molecule has 0 spiro atoms. The summed E-state index contributed by atoms with van der Waals surface area (Å²) in [4.78, 5) is 10.8. The summed E-state index contributed by atoms with van der Waals surface area (Å²) in [5.41, 5.74) is -0.299. The minimum atomic E-state index is -3.95. The fourth-order valence-electron chi connectivity index (χ4n) is 1.96. The number of nitrogens with one attached hydrogen (secondary N) is 1. The topological polar surface area (TPSA) is 113 Å². The van der Waals surface area contributed by atoms with Gasteiger partial charge in [-0.25, -0.2) is 17.9 Å². The van der Waals surface area contributed by atoms with E-state index in [0.717, 1.165) is 6.07 Å². The zero-order valence-corrected chi connectivity index (χ0v) is 12.4. The lowest BCUT2D eigenvalue weighted by Gasteiger charge is -2.28. The largest absolute Gasteiger partial charge is 0.478 e. The van der Waals surface area contributed by atoms with Crippen molar-refractivity contribution in [3.05, 3.63) is 28.8 Å². The van der Waals surface area contributed by atoms with Crippen molar-refractivity contribution in [3.63, 3.8) is 0 Å². The molecule has 7 nitrogen and oxygen atoms in total. The standard InChI is InChI=1S/C12H14ClNO6S/c13-9-2-1-7(5-8(9)12(16)17)21(18,19)14-10-3-4-20-6-11(10)15/h1-2,5,10-11,14-15H,3-4,6H2,(H,16,17)/t10-,11-/m1/s1.